The summed E-state index contributed by atoms with van der Waals surface area (Å²) in [7, 11) is 3.32. The van der Waals surface area contributed by atoms with E-state index in [0.29, 0.717) is 27.2 Å². The number of hydrogen-bond donors (Lipinski definition) is 1. The van der Waals surface area contributed by atoms with E-state index in [4.69, 9.17) is 32.7 Å². The van der Waals surface area contributed by atoms with Gasteiger partial charge >= 0.3 is 0 Å². The Morgan fingerprint density at radius 1 is 1.11 bits per heavy atom. The zero-order valence-corrected chi connectivity index (χ0v) is 16.7. The van der Waals surface area contributed by atoms with Crippen LogP contribution in [0.2, 0.25) is 10.0 Å². The van der Waals surface area contributed by atoms with Gasteiger partial charge in [-0.1, -0.05) is 23.2 Å². The van der Waals surface area contributed by atoms with E-state index < -0.39 is 6.10 Å². The predicted octanol–water partition coefficient (Wildman–Crippen LogP) is 3.87. The highest BCUT2D eigenvalue weighted by Gasteiger charge is 2.16. The fourth-order valence-electron chi connectivity index (χ4n) is 1.97. The molecular formula is C19H20Cl2N2O4. The van der Waals surface area contributed by atoms with Crippen LogP contribution in [0.3, 0.4) is 0 Å². The second-order valence-corrected chi connectivity index (χ2v) is 6.77. The quantitative estimate of drug-likeness (QED) is 0.751. The third-order valence-electron chi connectivity index (χ3n) is 3.55. The lowest BCUT2D eigenvalue weighted by Gasteiger charge is -2.16. The van der Waals surface area contributed by atoms with Gasteiger partial charge < -0.3 is 19.7 Å². The minimum absolute atomic E-state index is 0.0502. The van der Waals surface area contributed by atoms with Crippen molar-refractivity contribution in [2.45, 2.75) is 13.0 Å². The van der Waals surface area contributed by atoms with Crippen LogP contribution in [-0.4, -0.2) is 43.5 Å². The molecule has 2 aromatic carbocycles. The maximum atomic E-state index is 12.3. The zero-order valence-electron chi connectivity index (χ0n) is 15.2. The summed E-state index contributed by atoms with van der Waals surface area (Å²) in [6.45, 7) is 1.57. The van der Waals surface area contributed by atoms with Crippen molar-refractivity contribution in [3.63, 3.8) is 0 Å². The molecule has 0 aliphatic rings. The molecule has 0 aliphatic carbocycles. The summed E-state index contributed by atoms with van der Waals surface area (Å²) in [6.07, 6.45) is -0.766. The molecule has 0 fully saturated rings. The fourth-order valence-corrected chi connectivity index (χ4v) is 2.42. The van der Waals surface area contributed by atoms with Gasteiger partial charge in [-0.2, -0.15) is 0 Å². The van der Waals surface area contributed by atoms with Crippen molar-refractivity contribution in [1.29, 1.82) is 0 Å². The molecule has 1 N–H and O–H groups in total. The summed E-state index contributed by atoms with van der Waals surface area (Å²) in [4.78, 5) is 25.2. The first-order valence-electron chi connectivity index (χ1n) is 8.12. The lowest BCUT2D eigenvalue weighted by molar-refractivity contribution is -0.130. The summed E-state index contributed by atoms with van der Waals surface area (Å²) < 4.78 is 11.0. The summed E-state index contributed by atoms with van der Waals surface area (Å²) in [5.74, 6) is 0.426. The van der Waals surface area contributed by atoms with Gasteiger partial charge in [0, 0.05) is 24.8 Å². The normalized spacial score (nSPS) is 11.4. The molecule has 144 valence electrons. The predicted molar refractivity (Wildman–Crippen MR) is 106 cm³/mol. The van der Waals surface area contributed by atoms with Gasteiger partial charge in [-0.3, -0.25) is 9.59 Å². The van der Waals surface area contributed by atoms with Crippen LogP contribution in [0.4, 0.5) is 5.69 Å². The lowest BCUT2D eigenvalue weighted by atomic mass is 10.2. The Bertz CT molecular complexity index is 810. The van der Waals surface area contributed by atoms with E-state index in [1.54, 1.807) is 63.5 Å². The maximum absolute atomic E-state index is 12.3. The number of anilines is 1. The number of nitrogens with zero attached hydrogens (tertiary/aromatic N) is 1. The minimum Gasteiger partial charge on any atom is -0.484 e. The number of nitrogens with one attached hydrogen (secondary N) is 1. The van der Waals surface area contributed by atoms with E-state index in [9.17, 15) is 9.59 Å². The first-order valence-corrected chi connectivity index (χ1v) is 8.87. The molecule has 6 nitrogen and oxygen atoms in total. The molecule has 0 heterocycles. The SMILES string of the molecule is CC(Oc1ccc(Cl)cc1Cl)C(=O)Nc1ccc(OCC(=O)N(C)C)cc1. The Hall–Kier alpha value is -2.44. The monoisotopic (exact) mass is 410 g/mol. The van der Waals surface area contributed by atoms with E-state index in [1.165, 1.54) is 4.90 Å². The topological polar surface area (TPSA) is 67.9 Å². The van der Waals surface area contributed by atoms with E-state index >= 15 is 0 Å². The molecule has 1 atom stereocenters. The van der Waals surface area contributed by atoms with Crippen LogP contribution in [0.1, 0.15) is 6.92 Å². The Kier molecular flexibility index (Phi) is 7.33. The summed E-state index contributed by atoms with van der Waals surface area (Å²) in [5, 5.41) is 3.55. The first kappa shape index (κ1) is 20.9. The number of carbonyl (C=O) groups excluding carboxylic acids is 2. The van der Waals surface area contributed by atoms with Crippen molar-refractivity contribution >= 4 is 40.7 Å². The number of halogens is 2. The van der Waals surface area contributed by atoms with Gasteiger partial charge in [0.15, 0.2) is 12.7 Å². The Morgan fingerprint density at radius 3 is 2.37 bits per heavy atom. The summed E-state index contributed by atoms with van der Waals surface area (Å²) in [5.41, 5.74) is 0.573. The van der Waals surface area contributed by atoms with Crippen LogP contribution in [0.25, 0.3) is 0 Å². The smallest absolute Gasteiger partial charge is 0.265 e. The van der Waals surface area contributed by atoms with E-state index in [2.05, 4.69) is 5.32 Å². The molecule has 0 saturated heterocycles. The number of rotatable bonds is 7. The number of likely N-dealkylation sites (N-methyl/N-ethyl adjacent to an activating group) is 1. The van der Waals surface area contributed by atoms with Crippen molar-refractivity contribution < 1.29 is 19.1 Å². The van der Waals surface area contributed by atoms with Crippen molar-refractivity contribution in [3.05, 3.63) is 52.5 Å². The van der Waals surface area contributed by atoms with Crippen LogP contribution in [0, 0.1) is 0 Å². The number of amides is 2. The Labute approximate surface area is 168 Å². The molecule has 1 unspecified atom stereocenters. The van der Waals surface area contributed by atoms with Crippen molar-refractivity contribution in [3.8, 4) is 11.5 Å². The number of hydrogen-bond acceptors (Lipinski definition) is 4. The van der Waals surface area contributed by atoms with Crippen molar-refractivity contribution in [1.82, 2.24) is 4.90 Å². The number of ether oxygens (including phenoxy) is 2. The molecule has 0 saturated carbocycles. The van der Waals surface area contributed by atoms with Gasteiger partial charge in [0.2, 0.25) is 0 Å². The van der Waals surface area contributed by atoms with Gasteiger partial charge in [0.05, 0.1) is 5.02 Å². The minimum atomic E-state index is -0.766. The van der Waals surface area contributed by atoms with E-state index in [0.717, 1.165) is 0 Å². The molecule has 2 rings (SSSR count). The molecular weight excluding hydrogens is 391 g/mol. The summed E-state index contributed by atoms with van der Waals surface area (Å²) in [6, 6.07) is 11.5. The zero-order chi connectivity index (χ0) is 20.0. The van der Waals surface area contributed by atoms with Gasteiger partial charge in [0.25, 0.3) is 11.8 Å². The third kappa shape index (κ3) is 6.34. The average Bonchev–Trinajstić information content (AvgIpc) is 2.62. The van der Waals surface area contributed by atoms with Crippen LogP contribution < -0.4 is 14.8 Å². The van der Waals surface area contributed by atoms with E-state index in [1.807, 2.05) is 0 Å². The molecule has 0 bridgehead atoms. The Morgan fingerprint density at radius 2 is 1.78 bits per heavy atom. The summed E-state index contributed by atoms with van der Waals surface area (Å²) >= 11 is 11.9. The first-order chi connectivity index (χ1) is 12.8. The Balaban J connectivity index is 1.90. The second kappa shape index (κ2) is 9.48. The van der Waals surface area contributed by atoms with Gasteiger partial charge in [0.1, 0.15) is 11.5 Å². The molecule has 27 heavy (non-hydrogen) atoms. The molecule has 2 amide bonds. The van der Waals surface area contributed by atoms with Crippen LogP contribution >= 0.6 is 23.2 Å². The van der Waals surface area contributed by atoms with Crippen molar-refractivity contribution in [2.24, 2.45) is 0 Å². The van der Waals surface area contributed by atoms with Gasteiger partial charge in [-0.25, -0.2) is 0 Å². The van der Waals surface area contributed by atoms with Crippen LogP contribution in [-0.2, 0) is 9.59 Å². The van der Waals surface area contributed by atoms with Gasteiger partial charge in [-0.05, 0) is 49.4 Å². The number of benzene rings is 2. The van der Waals surface area contributed by atoms with Gasteiger partial charge in [-0.15, -0.1) is 0 Å². The third-order valence-corrected chi connectivity index (χ3v) is 4.08. The van der Waals surface area contributed by atoms with Crippen LogP contribution in [0.5, 0.6) is 11.5 Å². The van der Waals surface area contributed by atoms with Crippen LogP contribution in [0.15, 0.2) is 42.5 Å². The van der Waals surface area contributed by atoms with E-state index in [-0.39, 0.29) is 18.4 Å². The standard InChI is InChI=1S/C19H20Cl2N2O4/c1-12(27-17-9-4-13(20)10-16(17)21)19(25)22-14-5-7-15(8-6-14)26-11-18(24)23(2)3/h4-10,12H,11H2,1-3H3,(H,22,25). The molecule has 0 radical (unpaired) electrons. The maximum Gasteiger partial charge on any atom is 0.265 e. The fraction of sp³-hybridized carbons (Fsp3) is 0.263. The highest BCUT2D eigenvalue weighted by Crippen LogP contribution is 2.28. The molecule has 2 aromatic rings. The molecule has 0 aliphatic heterocycles. The molecule has 0 aromatic heterocycles. The molecule has 0 spiro atoms. The van der Waals surface area contributed by atoms with Crippen molar-refractivity contribution in [2.75, 3.05) is 26.0 Å². The second-order valence-electron chi connectivity index (χ2n) is 5.93. The average molecular weight is 411 g/mol. The molecule has 8 heteroatoms. The highest BCUT2D eigenvalue weighted by molar-refractivity contribution is 6.35. The largest absolute Gasteiger partial charge is 0.484 e. The number of carbonyl (C=O) groups is 2. The highest BCUT2D eigenvalue weighted by atomic mass is 35.5. The lowest BCUT2D eigenvalue weighted by Crippen LogP contribution is -2.30.